The number of nitrogens with zero attached hydrogens (tertiary/aromatic N) is 1. The SMILES string of the molecule is CSc1ccc2oc(CO)nc2c1. The van der Waals surface area contributed by atoms with E-state index in [-0.39, 0.29) is 6.61 Å². The quantitative estimate of drug-likeness (QED) is 0.745. The Morgan fingerprint density at radius 1 is 1.54 bits per heavy atom. The zero-order chi connectivity index (χ0) is 9.26. The van der Waals surface area contributed by atoms with Crippen molar-refractivity contribution in [2.24, 2.45) is 0 Å². The lowest BCUT2D eigenvalue weighted by atomic mass is 10.3. The molecule has 0 amide bonds. The van der Waals surface area contributed by atoms with Crippen LogP contribution in [0.3, 0.4) is 0 Å². The molecule has 0 aliphatic rings. The second-order valence-corrected chi connectivity index (χ2v) is 3.48. The van der Waals surface area contributed by atoms with Crippen molar-refractivity contribution in [2.75, 3.05) is 6.26 Å². The van der Waals surface area contributed by atoms with Gasteiger partial charge >= 0.3 is 0 Å². The third-order valence-corrected chi connectivity index (χ3v) is 2.50. The molecule has 0 radical (unpaired) electrons. The van der Waals surface area contributed by atoms with Crippen LogP contribution in [0.2, 0.25) is 0 Å². The highest BCUT2D eigenvalue weighted by Gasteiger charge is 2.04. The number of oxazole rings is 1. The highest BCUT2D eigenvalue weighted by atomic mass is 32.2. The summed E-state index contributed by atoms with van der Waals surface area (Å²) in [4.78, 5) is 5.25. The number of benzene rings is 1. The van der Waals surface area contributed by atoms with Crippen molar-refractivity contribution in [3.05, 3.63) is 24.1 Å². The van der Waals surface area contributed by atoms with E-state index < -0.39 is 0 Å². The van der Waals surface area contributed by atoms with Crippen LogP contribution in [0.5, 0.6) is 0 Å². The Labute approximate surface area is 79.8 Å². The van der Waals surface area contributed by atoms with Crippen LogP contribution in [-0.2, 0) is 6.61 Å². The lowest BCUT2D eigenvalue weighted by Crippen LogP contribution is -1.79. The van der Waals surface area contributed by atoms with Crippen molar-refractivity contribution >= 4 is 22.9 Å². The highest BCUT2D eigenvalue weighted by Crippen LogP contribution is 2.22. The Bertz CT molecular complexity index is 422. The van der Waals surface area contributed by atoms with Gasteiger partial charge in [-0.15, -0.1) is 11.8 Å². The van der Waals surface area contributed by atoms with Gasteiger partial charge in [-0.25, -0.2) is 4.98 Å². The number of thioether (sulfide) groups is 1. The molecule has 0 saturated heterocycles. The third-order valence-electron chi connectivity index (χ3n) is 1.77. The maximum atomic E-state index is 8.80. The maximum Gasteiger partial charge on any atom is 0.221 e. The summed E-state index contributed by atoms with van der Waals surface area (Å²) in [7, 11) is 0. The minimum atomic E-state index is -0.150. The monoisotopic (exact) mass is 195 g/mol. The van der Waals surface area contributed by atoms with Gasteiger partial charge in [-0.3, -0.25) is 0 Å². The van der Waals surface area contributed by atoms with Crippen molar-refractivity contribution in [2.45, 2.75) is 11.5 Å². The smallest absolute Gasteiger partial charge is 0.221 e. The molecule has 2 aromatic rings. The molecule has 0 unspecified atom stereocenters. The Balaban J connectivity index is 2.57. The van der Waals surface area contributed by atoms with Crippen LogP contribution >= 0.6 is 11.8 Å². The average molecular weight is 195 g/mol. The number of aliphatic hydroxyl groups is 1. The standard InChI is InChI=1S/C9H9NO2S/c1-13-6-2-3-8-7(4-6)10-9(5-11)12-8/h2-4,11H,5H2,1H3. The molecule has 0 atom stereocenters. The van der Waals surface area contributed by atoms with Gasteiger partial charge in [0.25, 0.3) is 0 Å². The number of rotatable bonds is 2. The fraction of sp³-hybridized carbons (Fsp3) is 0.222. The van der Waals surface area contributed by atoms with Gasteiger partial charge in [0, 0.05) is 4.90 Å². The van der Waals surface area contributed by atoms with Gasteiger partial charge in [-0.05, 0) is 24.5 Å². The molecule has 0 saturated carbocycles. The van der Waals surface area contributed by atoms with Crippen molar-refractivity contribution in [3.8, 4) is 0 Å². The van der Waals surface area contributed by atoms with Crippen LogP contribution in [0.4, 0.5) is 0 Å². The summed E-state index contributed by atoms with van der Waals surface area (Å²) in [6, 6.07) is 5.79. The second-order valence-electron chi connectivity index (χ2n) is 2.60. The van der Waals surface area contributed by atoms with Gasteiger partial charge < -0.3 is 9.52 Å². The molecule has 4 heteroatoms. The van der Waals surface area contributed by atoms with Crippen molar-refractivity contribution < 1.29 is 9.52 Å². The number of aromatic nitrogens is 1. The van der Waals surface area contributed by atoms with E-state index in [1.54, 1.807) is 11.8 Å². The topological polar surface area (TPSA) is 46.3 Å². The van der Waals surface area contributed by atoms with Gasteiger partial charge in [-0.2, -0.15) is 0 Å². The zero-order valence-electron chi connectivity index (χ0n) is 7.15. The second kappa shape index (κ2) is 3.40. The summed E-state index contributed by atoms with van der Waals surface area (Å²) >= 11 is 1.66. The zero-order valence-corrected chi connectivity index (χ0v) is 7.97. The molecule has 0 spiro atoms. The lowest BCUT2D eigenvalue weighted by Gasteiger charge is -1.92. The van der Waals surface area contributed by atoms with Crippen LogP contribution in [0.25, 0.3) is 11.1 Å². The van der Waals surface area contributed by atoms with E-state index in [1.807, 2.05) is 24.5 Å². The molecule has 0 aliphatic heterocycles. The summed E-state index contributed by atoms with van der Waals surface area (Å²) in [6.07, 6.45) is 2.01. The number of hydrogen-bond acceptors (Lipinski definition) is 4. The lowest BCUT2D eigenvalue weighted by molar-refractivity contribution is 0.244. The molecular formula is C9H9NO2S. The number of hydrogen-bond donors (Lipinski definition) is 1. The number of fused-ring (bicyclic) bond motifs is 1. The van der Waals surface area contributed by atoms with Gasteiger partial charge in [0.05, 0.1) is 0 Å². The summed E-state index contributed by atoms with van der Waals surface area (Å²) in [6.45, 7) is -0.150. The maximum absolute atomic E-state index is 8.80. The third kappa shape index (κ3) is 1.55. The first-order valence-corrected chi connectivity index (χ1v) is 5.10. The highest BCUT2D eigenvalue weighted by molar-refractivity contribution is 7.98. The van der Waals surface area contributed by atoms with E-state index in [1.165, 1.54) is 0 Å². The molecular weight excluding hydrogens is 186 g/mol. The Kier molecular flexibility index (Phi) is 2.24. The molecule has 68 valence electrons. The van der Waals surface area contributed by atoms with Crippen LogP contribution in [0, 0.1) is 0 Å². The minimum absolute atomic E-state index is 0.150. The van der Waals surface area contributed by atoms with Crippen molar-refractivity contribution in [3.63, 3.8) is 0 Å². The summed E-state index contributed by atoms with van der Waals surface area (Å²) in [5.74, 6) is 0.369. The van der Waals surface area contributed by atoms with Crippen LogP contribution in [0.1, 0.15) is 5.89 Å². The largest absolute Gasteiger partial charge is 0.438 e. The predicted molar refractivity (Wildman–Crippen MR) is 51.7 cm³/mol. The predicted octanol–water partition coefficient (Wildman–Crippen LogP) is 2.04. The molecule has 13 heavy (non-hydrogen) atoms. The van der Waals surface area contributed by atoms with Crippen molar-refractivity contribution in [1.82, 2.24) is 4.98 Å². The van der Waals surface area contributed by atoms with E-state index in [0.29, 0.717) is 5.89 Å². The molecule has 1 aromatic carbocycles. The normalized spacial score (nSPS) is 10.9. The van der Waals surface area contributed by atoms with E-state index in [2.05, 4.69) is 4.98 Å². The number of aliphatic hydroxyl groups excluding tert-OH is 1. The molecule has 1 heterocycles. The molecule has 1 N–H and O–H groups in total. The summed E-state index contributed by atoms with van der Waals surface area (Å²) in [5.41, 5.74) is 1.53. The minimum Gasteiger partial charge on any atom is -0.438 e. The fourth-order valence-electron chi connectivity index (χ4n) is 1.15. The fourth-order valence-corrected chi connectivity index (χ4v) is 1.58. The van der Waals surface area contributed by atoms with Gasteiger partial charge in [0.2, 0.25) is 5.89 Å². The van der Waals surface area contributed by atoms with Crippen LogP contribution in [0.15, 0.2) is 27.5 Å². The van der Waals surface area contributed by atoms with Gasteiger partial charge in [-0.1, -0.05) is 0 Å². The van der Waals surface area contributed by atoms with E-state index in [0.717, 1.165) is 16.0 Å². The Morgan fingerprint density at radius 2 is 2.38 bits per heavy atom. The van der Waals surface area contributed by atoms with E-state index >= 15 is 0 Å². The first-order chi connectivity index (χ1) is 6.33. The van der Waals surface area contributed by atoms with Crippen LogP contribution < -0.4 is 0 Å². The van der Waals surface area contributed by atoms with Gasteiger partial charge in [0.15, 0.2) is 5.58 Å². The van der Waals surface area contributed by atoms with Crippen LogP contribution in [-0.4, -0.2) is 16.3 Å². The average Bonchev–Trinajstić information content (AvgIpc) is 2.58. The first-order valence-electron chi connectivity index (χ1n) is 3.88. The molecule has 2 rings (SSSR count). The molecule has 0 aliphatic carbocycles. The first kappa shape index (κ1) is 8.59. The van der Waals surface area contributed by atoms with E-state index in [9.17, 15) is 0 Å². The summed E-state index contributed by atoms with van der Waals surface area (Å²) in [5, 5.41) is 8.80. The molecule has 0 bridgehead atoms. The van der Waals surface area contributed by atoms with E-state index in [4.69, 9.17) is 9.52 Å². The molecule has 3 nitrogen and oxygen atoms in total. The Morgan fingerprint density at radius 3 is 3.08 bits per heavy atom. The Hall–Kier alpha value is -1.00. The molecule has 0 fully saturated rings. The molecule has 1 aromatic heterocycles. The van der Waals surface area contributed by atoms with Crippen molar-refractivity contribution in [1.29, 1.82) is 0 Å². The summed E-state index contributed by atoms with van der Waals surface area (Å²) < 4.78 is 5.25. The van der Waals surface area contributed by atoms with Gasteiger partial charge in [0.1, 0.15) is 12.1 Å².